The minimum atomic E-state index is -0.0254. The van der Waals surface area contributed by atoms with Crippen molar-refractivity contribution in [2.45, 2.75) is 13.3 Å². The second-order valence-electron chi connectivity index (χ2n) is 4.12. The lowest BCUT2D eigenvalue weighted by atomic mass is 10.1. The van der Waals surface area contributed by atoms with Crippen molar-refractivity contribution in [2.75, 3.05) is 24.3 Å². The van der Waals surface area contributed by atoms with Gasteiger partial charge >= 0.3 is 0 Å². The van der Waals surface area contributed by atoms with E-state index in [-0.39, 0.29) is 11.8 Å². The van der Waals surface area contributed by atoms with Gasteiger partial charge in [-0.1, -0.05) is 6.07 Å². The Morgan fingerprint density at radius 2 is 2.38 bits per heavy atom. The molecule has 1 aromatic rings. The Hall–Kier alpha value is -1.55. The van der Waals surface area contributed by atoms with Crippen molar-refractivity contribution in [3.8, 4) is 0 Å². The topological polar surface area (TPSA) is 64.3 Å². The number of amides is 1. The van der Waals surface area contributed by atoms with Gasteiger partial charge in [-0.25, -0.2) is 0 Å². The molecule has 4 heteroatoms. The van der Waals surface area contributed by atoms with E-state index in [1.165, 1.54) is 0 Å². The number of aryl methyl sites for hydroxylation is 1. The van der Waals surface area contributed by atoms with E-state index >= 15 is 0 Å². The fraction of sp³-hybridized carbons (Fsp3) is 0.417. The van der Waals surface area contributed by atoms with Gasteiger partial charge in [-0.3, -0.25) is 4.79 Å². The number of nitrogen functional groups attached to an aromatic ring is 1. The summed E-state index contributed by atoms with van der Waals surface area (Å²) in [5.41, 5.74) is 8.23. The number of nitrogens with one attached hydrogen (secondary N) is 1. The molecule has 1 atom stereocenters. The zero-order chi connectivity index (χ0) is 11.5. The van der Waals surface area contributed by atoms with E-state index in [4.69, 9.17) is 10.5 Å². The number of hydrogen-bond donors (Lipinski definition) is 2. The summed E-state index contributed by atoms with van der Waals surface area (Å²) in [6.45, 7) is 3.13. The maximum absolute atomic E-state index is 11.8. The quantitative estimate of drug-likeness (QED) is 0.743. The van der Waals surface area contributed by atoms with Crippen molar-refractivity contribution < 1.29 is 9.53 Å². The Morgan fingerprint density at radius 3 is 3.00 bits per heavy atom. The van der Waals surface area contributed by atoms with Crippen LogP contribution in [0, 0.1) is 12.8 Å². The number of hydrogen-bond acceptors (Lipinski definition) is 3. The number of ether oxygens (including phenoxy) is 1. The molecule has 4 nitrogen and oxygen atoms in total. The Labute approximate surface area is 94.8 Å². The van der Waals surface area contributed by atoms with Crippen molar-refractivity contribution >= 4 is 17.3 Å². The fourth-order valence-electron chi connectivity index (χ4n) is 1.70. The average Bonchev–Trinajstić information content (AvgIpc) is 2.77. The molecule has 2 rings (SSSR count). The second-order valence-corrected chi connectivity index (χ2v) is 4.12. The van der Waals surface area contributed by atoms with Gasteiger partial charge in [-0.15, -0.1) is 0 Å². The van der Waals surface area contributed by atoms with E-state index < -0.39 is 0 Å². The monoisotopic (exact) mass is 220 g/mol. The van der Waals surface area contributed by atoms with Crippen LogP contribution in [0.2, 0.25) is 0 Å². The molecule has 1 heterocycles. The van der Waals surface area contributed by atoms with E-state index in [1.807, 2.05) is 19.1 Å². The Morgan fingerprint density at radius 1 is 1.56 bits per heavy atom. The number of rotatable bonds is 2. The lowest BCUT2D eigenvalue weighted by Crippen LogP contribution is -2.22. The maximum Gasteiger partial charge on any atom is 0.229 e. The molecule has 1 unspecified atom stereocenters. The fourth-order valence-corrected chi connectivity index (χ4v) is 1.70. The van der Waals surface area contributed by atoms with Crippen LogP contribution >= 0.6 is 0 Å². The van der Waals surface area contributed by atoms with E-state index in [1.54, 1.807) is 6.07 Å². The lowest BCUT2D eigenvalue weighted by Gasteiger charge is -2.10. The van der Waals surface area contributed by atoms with Crippen LogP contribution in [0.25, 0.3) is 0 Å². The van der Waals surface area contributed by atoms with E-state index in [0.717, 1.165) is 17.7 Å². The molecule has 1 aliphatic rings. The third kappa shape index (κ3) is 2.33. The van der Waals surface area contributed by atoms with Crippen LogP contribution < -0.4 is 11.1 Å². The Bertz CT molecular complexity index is 398. The van der Waals surface area contributed by atoms with Gasteiger partial charge in [0.2, 0.25) is 5.91 Å². The standard InChI is InChI=1S/C12H16N2O2/c1-8-2-3-10(6-11(8)13)14-12(15)9-4-5-16-7-9/h2-3,6,9H,4-5,7,13H2,1H3,(H,14,15). The van der Waals surface area contributed by atoms with Crippen molar-refractivity contribution in [1.82, 2.24) is 0 Å². The van der Waals surface area contributed by atoms with Crippen LogP contribution in [-0.4, -0.2) is 19.1 Å². The summed E-state index contributed by atoms with van der Waals surface area (Å²) in [7, 11) is 0. The zero-order valence-electron chi connectivity index (χ0n) is 9.32. The van der Waals surface area contributed by atoms with E-state index in [9.17, 15) is 4.79 Å². The second kappa shape index (κ2) is 4.53. The highest BCUT2D eigenvalue weighted by Crippen LogP contribution is 2.19. The van der Waals surface area contributed by atoms with Gasteiger partial charge in [0.25, 0.3) is 0 Å². The smallest absolute Gasteiger partial charge is 0.229 e. The first-order chi connectivity index (χ1) is 7.66. The Kier molecular flexibility index (Phi) is 3.10. The van der Waals surface area contributed by atoms with Gasteiger partial charge in [0.05, 0.1) is 12.5 Å². The minimum absolute atomic E-state index is 0.0146. The number of nitrogens with two attached hydrogens (primary N) is 1. The molecule has 0 saturated carbocycles. The molecule has 3 N–H and O–H groups in total. The molecule has 0 aliphatic carbocycles. The summed E-state index contributed by atoms with van der Waals surface area (Å²) in [6, 6.07) is 5.54. The van der Waals surface area contributed by atoms with Crippen molar-refractivity contribution in [1.29, 1.82) is 0 Å². The summed E-state index contributed by atoms with van der Waals surface area (Å²) in [6.07, 6.45) is 0.799. The lowest BCUT2D eigenvalue weighted by molar-refractivity contribution is -0.119. The van der Waals surface area contributed by atoms with Crippen LogP contribution in [0.3, 0.4) is 0 Å². The van der Waals surface area contributed by atoms with Gasteiger partial charge in [0, 0.05) is 18.0 Å². The van der Waals surface area contributed by atoms with Gasteiger partial charge < -0.3 is 15.8 Å². The number of carbonyl (C=O) groups is 1. The highest BCUT2D eigenvalue weighted by Gasteiger charge is 2.23. The first-order valence-electron chi connectivity index (χ1n) is 5.41. The molecule has 0 bridgehead atoms. The summed E-state index contributed by atoms with van der Waals surface area (Å²) in [4.78, 5) is 11.8. The van der Waals surface area contributed by atoms with Crippen LogP contribution in [0.15, 0.2) is 18.2 Å². The van der Waals surface area contributed by atoms with Gasteiger partial charge in [0.1, 0.15) is 0 Å². The summed E-state index contributed by atoms with van der Waals surface area (Å²) in [5.74, 6) is -0.0109. The normalized spacial score (nSPS) is 19.7. The Balaban J connectivity index is 2.02. The van der Waals surface area contributed by atoms with Crippen LogP contribution in [0.5, 0.6) is 0 Å². The third-order valence-corrected chi connectivity index (χ3v) is 2.85. The maximum atomic E-state index is 11.8. The average molecular weight is 220 g/mol. The SMILES string of the molecule is Cc1ccc(NC(=O)C2CCOC2)cc1N. The molecular weight excluding hydrogens is 204 g/mol. The van der Waals surface area contributed by atoms with Crippen molar-refractivity contribution in [3.05, 3.63) is 23.8 Å². The molecule has 86 valence electrons. The van der Waals surface area contributed by atoms with E-state index in [0.29, 0.717) is 18.9 Å². The molecule has 1 aromatic carbocycles. The molecule has 0 radical (unpaired) electrons. The number of anilines is 2. The molecule has 0 aromatic heterocycles. The predicted octanol–water partition coefficient (Wildman–Crippen LogP) is 1.55. The van der Waals surface area contributed by atoms with E-state index in [2.05, 4.69) is 5.32 Å². The molecule has 16 heavy (non-hydrogen) atoms. The zero-order valence-corrected chi connectivity index (χ0v) is 9.32. The molecule has 1 saturated heterocycles. The number of benzene rings is 1. The highest BCUT2D eigenvalue weighted by molar-refractivity contribution is 5.93. The molecule has 0 spiro atoms. The van der Waals surface area contributed by atoms with Crippen LogP contribution in [-0.2, 0) is 9.53 Å². The highest BCUT2D eigenvalue weighted by atomic mass is 16.5. The van der Waals surface area contributed by atoms with Gasteiger partial charge in [-0.2, -0.15) is 0 Å². The molecule has 1 amide bonds. The first kappa shape index (κ1) is 11.0. The van der Waals surface area contributed by atoms with Gasteiger partial charge in [-0.05, 0) is 31.0 Å². The van der Waals surface area contributed by atoms with Crippen molar-refractivity contribution in [3.63, 3.8) is 0 Å². The first-order valence-corrected chi connectivity index (χ1v) is 5.41. The number of carbonyl (C=O) groups excluding carboxylic acids is 1. The molecule has 1 aliphatic heterocycles. The predicted molar refractivity (Wildman–Crippen MR) is 63.1 cm³/mol. The molecule has 1 fully saturated rings. The van der Waals surface area contributed by atoms with Crippen LogP contribution in [0.4, 0.5) is 11.4 Å². The third-order valence-electron chi connectivity index (χ3n) is 2.85. The summed E-state index contributed by atoms with van der Waals surface area (Å²) < 4.78 is 5.17. The van der Waals surface area contributed by atoms with Crippen LogP contribution in [0.1, 0.15) is 12.0 Å². The molecular formula is C12H16N2O2. The summed E-state index contributed by atoms with van der Waals surface area (Å²) in [5, 5.41) is 2.85. The van der Waals surface area contributed by atoms with Crippen molar-refractivity contribution in [2.24, 2.45) is 5.92 Å². The van der Waals surface area contributed by atoms with Gasteiger partial charge in [0.15, 0.2) is 0 Å². The summed E-state index contributed by atoms with van der Waals surface area (Å²) >= 11 is 0. The minimum Gasteiger partial charge on any atom is -0.398 e. The largest absolute Gasteiger partial charge is 0.398 e.